The fourth-order valence-corrected chi connectivity index (χ4v) is 2.17. The summed E-state index contributed by atoms with van der Waals surface area (Å²) < 4.78 is 0. The summed E-state index contributed by atoms with van der Waals surface area (Å²) >= 11 is 0. The van der Waals surface area contributed by atoms with Crippen LogP contribution >= 0.6 is 0 Å². The van der Waals surface area contributed by atoms with Crippen LogP contribution in [0.1, 0.15) is 44.9 Å². The highest BCUT2D eigenvalue weighted by atomic mass is 16.2. The van der Waals surface area contributed by atoms with Crippen molar-refractivity contribution in [1.29, 1.82) is 0 Å². The minimum atomic E-state index is -0.491. The van der Waals surface area contributed by atoms with E-state index in [4.69, 9.17) is 5.73 Å². The second kappa shape index (κ2) is 3.89. The maximum absolute atomic E-state index is 11.5. The number of nitrogens with one attached hydrogen (secondary N) is 1. The molecule has 0 aliphatic heterocycles. The summed E-state index contributed by atoms with van der Waals surface area (Å²) in [6, 6.07) is 0. The second-order valence-corrected chi connectivity index (χ2v) is 4.87. The molecule has 0 heterocycles. The minimum absolute atomic E-state index is 0.0723. The highest BCUT2D eigenvalue weighted by molar-refractivity contribution is 5.88. The molecule has 2 fully saturated rings. The Kier molecular flexibility index (Phi) is 2.77. The van der Waals surface area contributed by atoms with Crippen LogP contribution in [-0.4, -0.2) is 18.0 Å². The molecule has 3 heteroatoms. The lowest BCUT2D eigenvalue weighted by molar-refractivity contribution is -0.123. The standard InChI is InChI=1S/C11H20N2O/c12-11(6-7-11)10(14)13-8-9-4-2-1-3-5-9/h9H,1-8,12H2,(H,13,14). The molecule has 0 radical (unpaired) electrons. The molecule has 0 unspecified atom stereocenters. The summed E-state index contributed by atoms with van der Waals surface area (Å²) in [6.45, 7) is 0.845. The largest absolute Gasteiger partial charge is 0.354 e. The zero-order chi connectivity index (χ0) is 10.0. The Morgan fingerprint density at radius 2 is 1.93 bits per heavy atom. The van der Waals surface area contributed by atoms with Gasteiger partial charge in [-0.05, 0) is 31.6 Å². The maximum atomic E-state index is 11.5. The molecule has 0 bridgehead atoms. The van der Waals surface area contributed by atoms with Crippen LogP contribution in [0.2, 0.25) is 0 Å². The average Bonchev–Trinajstić information content (AvgIpc) is 2.96. The van der Waals surface area contributed by atoms with Gasteiger partial charge in [-0.1, -0.05) is 19.3 Å². The van der Waals surface area contributed by atoms with Crippen LogP contribution in [-0.2, 0) is 4.79 Å². The molecule has 1 amide bonds. The predicted octanol–water partition coefficient (Wildman–Crippen LogP) is 1.17. The minimum Gasteiger partial charge on any atom is -0.354 e. The van der Waals surface area contributed by atoms with Crippen molar-refractivity contribution >= 4 is 5.91 Å². The normalized spacial score (nSPS) is 25.8. The second-order valence-electron chi connectivity index (χ2n) is 4.87. The van der Waals surface area contributed by atoms with E-state index in [2.05, 4.69) is 5.32 Å². The number of carbonyl (C=O) groups excluding carboxylic acids is 1. The first-order valence-corrected chi connectivity index (χ1v) is 5.78. The number of hydrogen-bond donors (Lipinski definition) is 2. The van der Waals surface area contributed by atoms with Gasteiger partial charge in [0.2, 0.25) is 5.91 Å². The Hall–Kier alpha value is -0.570. The van der Waals surface area contributed by atoms with Gasteiger partial charge >= 0.3 is 0 Å². The first kappa shape index (κ1) is 9.97. The van der Waals surface area contributed by atoms with E-state index in [-0.39, 0.29) is 5.91 Å². The number of rotatable bonds is 3. The smallest absolute Gasteiger partial charge is 0.240 e. The Balaban J connectivity index is 1.68. The molecular weight excluding hydrogens is 176 g/mol. The summed E-state index contributed by atoms with van der Waals surface area (Å²) in [5.41, 5.74) is 5.30. The molecule has 0 aromatic heterocycles. The highest BCUT2D eigenvalue weighted by Gasteiger charge is 2.45. The van der Waals surface area contributed by atoms with Crippen molar-refractivity contribution in [2.45, 2.75) is 50.5 Å². The van der Waals surface area contributed by atoms with Gasteiger partial charge < -0.3 is 11.1 Å². The van der Waals surface area contributed by atoms with E-state index >= 15 is 0 Å². The van der Waals surface area contributed by atoms with Crippen molar-refractivity contribution in [1.82, 2.24) is 5.32 Å². The van der Waals surface area contributed by atoms with E-state index in [9.17, 15) is 4.79 Å². The average molecular weight is 196 g/mol. The first-order valence-electron chi connectivity index (χ1n) is 5.78. The third kappa shape index (κ3) is 2.27. The van der Waals surface area contributed by atoms with Gasteiger partial charge in [0.15, 0.2) is 0 Å². The van der Waals surface area contributed by atoms with Crippen LogP contribution in [0.3, 0.4) is 0 Å². The van der Waals surface area contributed by atoms with Crippen LogP contribution in [0.15, 0.2) is 0 Å². The number of nitrogens with two attached hydrogens (primary N) is 1. The summed E-state index contributed by atoms with van der Waals surface area (Å²) in [5, 5.41) is 2.99. The molecule has 14 heavy (non-hydrogen) atoms. The van der Waals surface area contributed by atoms with E-state index in [1.54, 1.807) is 0 Å². The Bertz CT molecular complexity index is 217. The fourth-order valence-electron chi connectivity index (χ4n) is 2.17. The summed E-state index contributed by atoms with van der Waals surface area (Å²) in [7, 11) is 0. The third-order valence-electron chi connectivity index (χ3n) is 3.52. The van der Waals surface area contributed by atoms with Gasteiger partial charge in [0.25, 0.3) is 0 Å². The molecule has 2 aliphatic rings. The van der Waals surface area contributed by atoms with Crippen molar-refractivity contribution in [3.05, 3.63) is 0 Å². The number of hydrogen-bond acceptors (Lipinski definition) is 2. The molecule has 80 valence electrons. The summed E-state index contributed by atoms with van der Waals surface area (Å²) in [5.74, 6) is 0.776. The topological polar surface area (TPSA) is 55.1 Å². The van der Waals surface area contributed by atoms with Gasteiger partial charge in [0.05, 0.1) is 5.54 Å². The van der Waals surface area contributed by atoms with E-state index < -0.39 is 5.54 Å². The van der Waals surface area contributed by atoms with Crippen molar-refractivity contribution in [3.8, 4) is 0 Å². The quantitative estimate of drug-likeness (QED) is 0.712. The van der Waals surface area contributed by atoms with Gasteiger partial charge in [0.1, 0.15) is 0 Å². The lowest BCUT2D eigenvalue weighted by Crippen LogP contribution is -2.44. The molecule has 3 nitrogen and oxygen atoms in total. The Morgan fingerprint density at radius 1 is 1.29 bits per heavy atom. The van der Waals surface area contributed by atoms with E-state index in [0.29, 0.717) is 5.92 Å². The summed E-state index contributed by atoms with van der Waals surface area (Å²) in [4.78, 5) is 11.5. The van der Waals surface area contributed by atoms with Crippen LogP contribution in [0.4, 0.5) is 0 Å². The van der Waals surface area contributed by atoms with Gasteiger partial charge in [0, 0.05) is 6.54 Å². The molecular formula is C11H20N2O. The molecule has 0 atom stereocenters. The molecule has 0 aromatic carbocycles. The third-order valence-corrected chi connectivity index (χ3v) is 3.52. The van der Waals surface area contributed by atoms with Crippen LogP contribution in [0, 0.1) is 5.92 Å². The van der Waals surface area contributed by atoms with Crippen LogP contribution < -0.4 is 11.1 Å². The maximum Gasteiger partial charge on any atom is 0.240 e. The zero-order valence-corrected chi connectivity index (χ0v) is 8.72. The fraction of sp³-hybridized carbons (Fsp3) is 0.909. The molecule has 2 aliphatic carbocycles. The lowest BCUT2D eigenvalue weighted by Gasteiger charge is -2.22. The van der Waals surface area contributed by atoms with Gasteiger partial charge in [-0.2, -0.15) is 0 Å². The molecule has 2 saturated carbocycles. The number of amides is 1. The SMILES string of the molecule is NC1(C(=O)NCC2CCCCC2)CC1. The van der Waals surface area contributed by atoms with E-state index in [1.807, 2.05) is 0 Å². The van der Waals surface area contributed by atoms with Crippen molar-refractivity contribution in [2.75, 3.05) is 6.54 Å². The molecule has 0 aromatic rings. The Labute approximate surface area is 85.4 Å². The molecule has 0 spiro atoms. The van der Waals surface area contributed by atoms with Crippen LogP contribution in [0.25, 0.3) is 0 Å². The van der Waals surface area contributed by atoms with E-state index in [0.717, 1.165) is 19.4 Å². The van der Waals surface area contributed by atoms with Gasteiger partial charge in [-0.25, -0.2) is 0 Å². The van der Waals surface area contributed by atoms with Gasteiger partial charge in [-0.15, -0.1) is 0 Å². The Morgan fingerprint density at radius 3 is 2.50 bits per heavy atom. The van der Waals surface area contributed by atoms with Crippen LogP contribution in [0.5, 0.6) is 0 Å². The van der Waals surface area contributed by atoms with Crippen molar-refractivity contribution in [2.24, 2.45) is 11.7 Å². The van der Waals surface area contributed by atoms with Gasteiger partial charge in [-0.3, -0.25) is 4.79 Å². The highest BCUT2D eigenvalue weighted by Crippen LogP contribution is 2.32. The van der Waals surface area contributed by atoms with Crippen molar-refractivity contribution in [3.63, 3.8) is 0 Å². The first-order chi connectivity index (χ1) is 6.71. The predicted molar refractivity (Wildman–Crippen MR) is 55.7 cm³/mol. The molecule has 2 rings (SSSR count). The van der Waals surface area contributed by atoms with E-state index in [1.165, 1.54) is 32.1 Å². The molecule has 0 saturated heterocycles. The lowest BCUT2D eigenvalue weighted by atomic mass is 9.89. The summed E-state index contributed by atoms with van der Waals surface area (Å²) in [6.07, 6.45) is 8.30. The monoisotopic (exact) mass is 196 g/mol. The zero-order valence-electron chi connectivity index (χ0n) is 8.72. The van der Waals surface area contributed by atoms with Crippen molar-refractivity contribution < 1.29 is 4.79 Å². The number of carbonyl (C=O) groups is 1. The molecule has 3 N–H and O–H groups in total.